The van der Waals surface area contributed by atoms with Gasteiger partial charge in [-0.15, -0.1) is 0 Å². The molecule has 2 aromatic carbocycles. The standard InChI is InChI=1S/C29H31FN2O4/c30-24-11-10-22(27(33)31-26-23(28(34)35)16-29(26)13-3-14-29)25-21(24)12-15-32(25)17-18-6-8-20(9-7-18)36-19-4-1-2-5-19/h6-12,15,19,23,26H,1-5,13-14,16-17H2,(H,31,33)(H,34,35). The Morgan fingerprint density at radius 3 is 2.47 bits per heavy atom. The minimum absolute atomic E-state index is 0.0951. The second-order valence-corrected chi connectivity index (χ2v) is 10.8. The minimum atomic E-state index is -0.870. The zero-order chi connectivity index (χ0) is 24.9. The summed E-state index contributed by atoms with van der Waals surface area (Å²) in [6.07, 6.45) is 10.3. The maximum atomic E-state index is 14.7. The van der Waals surface area contributed by atoms with E-state index in [0.29, 0.717) is 35.5 Å². The third-order valence-electron chi connectivity index (χ3n) is 8.64. The van der Waals surface area contributed by atoms with Gasteiger partial charge in [-0.1, -0.05) is 18.6 Å². The van der Waals surface area contributed by atoms with Crippen LogP contribution in [0.1, 0.15) is 67.3 Å². The molecular weight excluding hydrogens is 459 g/mol. The van der Waals surface area contributed by atoms with Crippen LogP contribution in [0.2, 0.25) is 0 Å². The number of fused-ring (bicyclic) bond motifs is 1. The smallest absolute Gasteiger partial charge is 0.308 e. The number of aromatic nitrogens is 1. The highest BCUT2D eigenvalue weighted by Gasteiger charge is 2.60. The van der Waals surface area contributed by atoms with Crippen molar-refractivity contribution in [2.75, 3.05) is 0 Å². The molecule has 6 rings (SSSR count). The molecule has 0 bridgehead atoms. The molecule has 7 heteroatoms. The van der Waals surface area contributed by atoms with Gasteiger partial charge < -0.3 is 19.7 Å². The van der Waals surface area contributed by atoms with Crippen molar-refractivity contribution in [1.29, 1.82) is 0 Å². The predicted octanol–water partition coefficient (Wildman–Crippen LogP) is 5.52. The summed E-state index contributed by atoms with van der Waals surface area (Å²) < 4.78 is 22.6. The van der Waals surface area contributed by atoms with Crippen LogP contribution in [-0.4, -0.2) is 33.7 Å². The lowest BCUT2D eigenvalue weighted by Crippen LogP contribution is -2.66. The van der Waals surface area contributed by atoms with Crippen LogP contribution in [-0.2, 0) is 11.3 Å². The maximum absolute atomic E-state index is 14.7. The molecule has 1 amide bonds. The van der Waals surface area contributed by atoms with Crippen molar-refractivity contribution in [2.24, 2.45) is 11.3 Å². The van der Waals surface area contributed by atoms with E-state index in [0.717, 1.165) is 43.4 Å². The first kappa shape index (κ1) is 23.1. The van der Waals surface area contributed by atoms with Crippen LogP contribution in [0.15, 0.2) is 48.7 Å². The van der Waals surface area contributed by atoms with Gasteiger partial charge in [0.15, 0.2) is 0 Å². The molecule has 3 saturated carbocycles. The fourth-order valence-electron chi connectivity index (χ4n) is 6.47. The van der Waals surface area contributed by atoms with Gasteiger partial charge in [-0.2, -0.15) is 0 Å². The molecule has 1 heterocycles. The number of nitrogens with zero attached hydrogens (tertiary/aromatic N) is 1. The zero-order valence-corrected chi connectivity index (χ0v) is 20.2. The number of rotatable bonds is 7. The normalized spacial score (nSPS) is 22.8. The van der Waals surface area contributed by atoms with Gasteiger partial charge >= 0.3 is 5.97 Å². The van der Waals surface area contributed by atoms with Crippen molar-refractivity contribution >= 4 is 22.8 Å². The van der Waals surface area contributed by atoms with Crippen LogP contribution in [0, 0.1) is 17.2 Å². The topological polar surface area (TPSA) is 80.6 Å². The van der Waals surface area contributed by atoms with E-state index in [1.54, 1.807) is 12.3 Å². The van der Waals surface area contributed by atoms with E-state index >= 15 is 0 Å². The Hall–Kier alpha value is -3.35. The molecular formula is C29H31FN2O4. The van der Waals surface area contributed by atoms with Crippen LogP contribution in [0.4, 0.5) is 4.39 Å². The predicted molar refractivity (Wildman–Crippen MR) is 134 cm³/mol. The Morgan fingerprint density at radius 1 is 1.06 bits per heavy atom. The van der Waals surface area contributed by atoms with Crippen molar-refractivity contribution in [1.82, 2.24) is 9.88 Å². The molecule has 2 N–H and O–H groups in total. The van der Waals surface area contributed by atoms with Crippen LogP contribution in [0.3, 0.4) is 0 Å². The molecule has 0 radical (unpaired) electrons. The number of carboxylic acid groups (broad SMARTS) is 1. The van der Waals surface area contributed by atoms with E-state index in [4.69, 9.17) is 4.74 Å². The molecule has 3 aliphatic rings. The summed E-state index contributed by atoms with van der Waals surface area (Å²) in [5.41, 5.74) is 1.80. The van der Waals surface area contributed by atoms with Crippen LogP contribution >= 0.6 is 0 Å². The highest BCUT2D eigenvalue weighted by atomic mass is 19.1. The molecule has 3 aromatic rings. The average molecular weight is 491 g/mol. The Bertz CT molecular complexity index is 1300. The average Bonchev–Trinajstić information content (AvgIpc) is 3.48. The summed E-state index contributed by atoms with van der Waals surface area (Å²) in [6.45, 7) is 0.474. The quantitative estimate of drug-likeness (QED) is 0.457. The Morgan fingerprint density at radius 2 is 1.81 bits per heavy atom. The van der Waals surface area contributed by atoms with Gasteiger partial charge in [-0.25, -0.2) is 4.39 Å². The second kappa shape index (κ2) is 8.95. The van der Waals surface area contributed by atoms with E-state index < -0.39 is 11.9 Å². The number of carbonyl (C=O) groups excluding carboxylic acids is 1. The first-order valence-corrected chi connectivity index (χ1v) is 13.0. The summed E-state index contributed by atoms with van der Waals surface area (Å²) in [5, 5.41) is 13.0. The van der Waals surface area contributed by atoms with Crippen molar-refractivity contribution in [2.45, 2.75) is 70.1 Å². The van der Waals surface area contributed by atoms with Gasteiger partial charge in [-0.05, 0) is 86.3 Å². The van der Waals surface area contributed by atoms with Gasteiger partial charge in [0.2, 0.25) is 0 Å². The molecule has 1 spiro atoms. The van der Waals surface area contributed by atoms with Crippen molar-refractivity contribution < 1.29 is 23.8 Å². The van der Waals surface area contributed by atoms with Crippen molar-refractivity contribution in [3.63, 3.8) is 0 Å². The molecule has 2 unspecified atom stereocenters. The number of hydrogen-bond acceptors (Lipinski definition) is 3. The van der Waals surface area contributed by atoms with E-state index in [-0.39, 0.29) is 23.2 Å². The lowest BCUT2D eigenvalue weighted by molar-refractivity contribution is -0.159. The fraction of sp³-hybridized carbons (Fsp3) is 0.448. The number of hydrogen-bond donors (Lipinski definition) is 2. The molecule has 2 atom stereocenters. The Balaban J connectivity index is 1.24. The monoisotopic (exact) mass is 490 g/mol. The van der Waals surface area contributed by atoms with Gasteiger partial charge in [0.1, 0.15) is 11.6 Å². The van der Waals surface area contributed by atoms with E-state index in [1.165, 1.54) is 25.0 Å². The number of nitrogens with one attached hydrogen (secondary N) is 1. The van der Waals surface area contributed by atoms with E-state index in [1.807, 2.05) is 28.8 Å². The van der Waals surface area contributed by atoms with Gasteiger partial charge in [-0.3, -0.25) is 9.59 Å². The fourth-order valence-corrected chi connectivity index (χ4v) is 6.47. The summed E-state index contributed by atoms with van der Waals surface area (Å²) in [5.74, 6) is -1.31. The third-order valence-corrected chi connectivity index (χ3v) is 8.64. The number of ether oxygens (including phenoxy) is 1. The summed E-state index contributed by atoms with van der Waals surface area (Å²) in [7, 11) is 0. The molecule has 188 valence electrons. The highest BCUT2D eigenvalue weighted by molar-refractivity contribution is 6.06. The van der Waals surface area contributed by atoms with Crippen LogP contribution in [0.25, 0.3) is 10.9 Å². The molecule has 6 nitrogen and oxygen atoms in total. The molecule has 3 aliphatic carbocycles. The lowest BCUT2D eigenvalue weighted by atomic mass is 9.48. The number of carboxylic acids is 1. The molecule has 0 saturated heterocycles. The number of benzene rings is 2. The number of aliphatic carboxylic acids is 1. The Kier molecular flexibility index (Phi) is 5.73. The van der Waals surface area contributed by atoms with Gasteiger partial charge in [0.25, 0.3) is 5.91 Å². The van der Waals surface area contributed by atoms with E-state index in [2.05, 4.69) is 5.32 Å². The zero-order valence-electron chi connectivity index (χ0n) is 20.2. The van der Waals surface area contributed by atoms with Crippen molar-refractivity contribution in [3.8, 4) is 5.75 Å². The third kappa shape index (κ3) is 3.94. The second-order valence-electron chi connectivity index (χ2n) is 10.8. The number of halogens is 1. The highest BCUT2D eigenvalue weighted by Crippen LogP contribution is 2.58. The summed E-state index contributed by atoms with van der Waals surface area (Å²) in [4.78, 5) is 25.1. The maximum Gasteiger partial charge on any atom is 0.308 e. The molecule has 0 aliphatic heterocycles. The van der Waals surface area contributed by atoms with Crippen LogP contribution < -0.4 is 10.1 Å². The van der Waals surface area contributed by atoms with Gasteiger partial charge in [0, 0.05) is 24.2 Å². The lowest BCUT2D eigenvalue weighted by Gasteiger charge is -2.59. The number of carbonyl (C=O) groups is 2. The molecule has 36 heavy (non-hydrogen) atoms. The molecule has 1 aromatic heterocycles. The van der Waals surface area contributed by atoms with Crippen molar-refractivity contribution in [3.05, 3.63) is 65.6 Å². The summed E-state index contributed by atoms with van der Waals surface area (Å²) >= 11 is 0. The van der Waals surface area contributed by atoms with E-state index in [9.17, 15) is 19.1 Å². The largest absolute Gasteiger partial charge is 0.490 e. The number of amides is 1. The summed E-state index contributed by atoms with van der Waals surface area (Å²) in [6, 6.07) is 12.1. The van der Waals surface area contributed by atoms with Crippen LogP contribution in [0.5, 0.6) is 5.75 Å². The first-order chi connectivity index (χ1) is 17.4. The Labute approximate surface area is 209 Å². The molecule has 3 fully saturated rings. The SMILES string of the molecule is O=C(NC1C(C(=O)O)CC12CCC2)c1ccc(F)c2ccn(Cc3ccc(OC4CCCC4)cc3)c12. The van der Waals surface area contributed by atoms with Gasteiger partial charge in [0.05, 0.1) is 23.1 Å². The first-order valence-electron chi connectivity index (χ1n) is 13.0. The minimum Gasteiger partial charge on any atom is -0.490 e.